The van der Waals surface area contributed by atoms with E-state index in [1.807, 2.05) is 0 Å². The topological polar surface area (TPSA) is 29.3 Å². The third-order valence-electron chi connectivity index (χ3n) is 6.63. The number of hydrogen-bond acceptors (Lipinski definition) is 2. The zero-order valence-electron chi connectivity index (χ0n) is 13.4. The number of hydrogen-bond donors (Lipinski definition) is 1. The van der Waals surface area contributed by atoms with Crippen LogP contribution < -0.4 is 5.73 Å². The van der Waals surface area contributed by atoms with Crippen LogP contribution in [0.15, 0.2) is 0 Å². The van der Waals surface area contributed by atoms with Crippen LogP contribution in [0.25, 0.3) is 0 Å². The summed E-state index contributed by atoms with van der Waals surface area (Å²) in [6, 6.07) is 0.469. The normalized spacial score (nSPS) is 39.0. The lowest BCUT2D eigenvalue weighted by molar-refractivity contribution is 0.0508. The molecule has 0 radical (unpaired) electrons. The molecule has 1 heterocycles. The van der Waals surface area contributed by atoms with Gasteiger partial charge in [0, 0.05) is 12.6 Å². The summed E-state index contributed by atoms with van der Waals surface area (Å²) >= 11 is 0. The zero-order valence-corrected chi connectivity index (χ0v) is 13.4. The third-order valence-corrected chi connectivity index (χ3v) is 6.63. The molecule has 20 heavy (non-hydrogen) atoms. The standard InChI is InChI=1S/C18H34N2/c1-15-5-6-17(19)16(13-15)14-20-11-9-18(10-12-20)7-3-2-4-8-18/h15-17H,2-14,19H2,1H3. The summed E-state index contributed by atoms with van der Waals surface area (Å²) < 4.78 is 0. The van der Waals surface area contributed by atoms with Gasteiger partial charge in [0.25, 0.3) is 0 Å². The highest BCUT2D eigenvalue weighted by atomic mass is 15.1. The maximum atomic E-state index is 6.37. The molecular formula is C18H34N2. The Labute approximate surface area is 125 Å². The molecule has 3 fully saturated rings. The van der Waals surface area contributed by atoms with Crippen LogP contribution in [0.4, 0.5) is 0 Å². The quantitative estimate of drug-likeness (QED) is 0.832. The molecule has 0 bridgehead atoms. The summed E-state index contributed by atoms with van der Waals surface area (Å²) in [7, 11) is 0. The van der Waals surface area contributed by atoms with E-state index in [-0.39, 0.29) is 0 Å². The van der Waals surface area contributed by atoms with Crippen molar-refractivity contribution in [1.29, 1.82) is 0 Å². The van der Waals surface area contributed by atoms with Crippen molar-refractivity contribution in [2.24, 2.45) is 23.0 Å². The average Bonchev–Trinajstić information content (AvgIpc) is 2.47. The predicted octanol–water partition coefficient (Wildman–Crippen LogP) is 3.80. The highest BCUT2D eigenvalue weighted by Gasteiger charge is 2.36. The molecule has 3 unspecified atom stereocenters. The second-order valence-corrected chi connectivity index (χ2v) is 8.20. The minimum atomic E-state index is 0.469. The Hall–Kier alpha value is -0.0800. The molecular weight excluding hydrogens is 244 g/mol. The van der Waals surface area contributed by atoms with Crippen LogP contribution in [-0.4, -0.2) is 30.6 Å². The SMILES string of the molecule is CC1CCC(N)C(CN2CCC3(CCCCC3)CC2)C1. The molecule has 0 aromatic heterocycles. The number of nitrogens with two attached hydrogens (primary N) is 1. The summed E-state index contributed by atoms with van der Waals surface area (Å²) in [5.41, 5.74) is 7.11. The van der Waals surface area contributed by atoms with E-state index >= 15 is 0 Å². The van der Waals surface area contributed by atoms with Gasteiger partial charge in [0.05, 0.1) is 0 Å². The summed E-state index contributed by atoms with van der Waals surface area (Å²) in [4.78, 5) is 2.74. The van der Waals surface area contributed by atoms with Crippen LogP contribution in [0.5, 0.6) is 0 Å². The molecule has 3 rings (SSSR count). The fraction of sp³-hybridized carbons (Fsp3) is 1.00. The van der Waals surface area contributed by atoms with E-state index in [1.54, 1.807) is 0 Å². The van der Waals surface area contributed by atoms with Gasteiger partial charge in [-0.15, -0.1) is 0 Å². The minimum Gasteiger partial charge on any atom is -0.327 e. The Morgan fingerprint density at radius 2 is 1.70 bits per heavy atom. The van der Waals surface area contributed by atoms with Crippen LogP contribution in [0.1, 0.15) is 71.1 Å². The maximum Gasteiger partial charge on any atom is 0.00795 e. The van der Waals surface area contributed by atoms with Gasteiger partial charge >= 0.3 is 0 Å². The minimum absolute atomic E-state index is 0.469. The van der Waals surface area contributed by atoms with E-state index in [4.69, 9.17) is 5.73 Å². The van der Waals surface area contributed by atoms with Crippen molar-refractivity contribution in [3.8, 4) is 0 Å². The van der Waals surface area contributed by atoms with Crippen molar-refractivity contribution in [3.05, 3.63) is 0 Å². The zero-order chi connectivity index (χ0) is 14.0. The molecule has 2 nitrogen and oxygen atoms in total. The molecule has 0 aromatic rings. The van der Waals surface area contributed by atoms with Gasteiger partial charge in [0.1, 0.15) is 0 Å². The fourth-order valence-corrected chi connectivity index (χ4v) is 5.08. The average molecular weight is 278 g/mol. The first kappa shape index (κ1) is 14.8. The number of piperidine rings is 1. The van der Waals surface area contributed by atoms with Crippen LogP contribution in [0, 0.1) is 17.3 Å². The smallest absolute Gasteiger partial charge is 0.00795 e. The monoisotopic (exact) mass is 278 g/mol. The van der Waals surface area contributed by atoms with Crippen molar-refractivity contribution in [1.82, 2.24) is 4.90 Å². The fourth-order valence-electron chi connectivity index (χ4n) is 5.08. The Balaban J connectivity index is 1.48. The highest BCUT2D eigenvalue weighted by Crippen LogP contribution is 2.44. The van der Waals surface area contributed by atoms with Gasteiger partial charge in [0.2, 0.25) is 0 Å². The molecule has 1 saturated heterocycles. The van der Waals surface area contributed by atoms with Gasteiger partial charge < -0.3 is 10.6 Å². The van der Waals surface area contributed by atoms with Gasteiger partial charge in [-0.25, -0.2) is 0 Å². The van der Waals surface area contributed by atoms with Crippen LogP contribution in [-0.2, 0) is 0 Å². The second kappa shape index (κ2) is 6.36. The number of nitrogens with zero attached hydrogens (tertiary/aromatic N) is 1. The lowest BCUT2D eigenvalue weighted by Crippen LogP contribution is -2.47. The summed E-state index contributed by atoms with van der Waals surface area (Å²) in [6.45, 7) is 6.38. The first-order chi connectivity index (χ1) is 9.67. The molecule has 116 valence electrons. The third kappa shape index (κ3) is 3.39. The van der Waals surface area contributed by atoms with Crippen LogP contribution in [0.3, 0.4) is 0 Å². The van der Waals surface area contributed by atoms with E-state index in [2.05, 4.69) is 11.8 Å². The summed E-state index contributed by atoms with van der Waals surface area (Å²) in [5, 5.41) is 0. The van der Waals surface area contributed by atoms with Gasteiger partial charge in [0.15, 0.2) is 0 Å². The molecule has 0 aromatic carbocycles. The van der Waals surface area contributed by atoms with Crippen molar-refractivity contribution < 1.29 is 0 Å². The predicted molar refractivity (Wildman–Crippen MR) is 85.7 cm³/mol. The molecule has 2 N–H and O–H groups in total. The second-order valence-electron chi connectivity index (χ2n) is 8.20. The first-order valence-electron chi connectivity index (χ1n) is 9.15. The van der Waals surface area contributed by atoms with E-state index in [0.29, 0.717) is 6.04 Å². The molecule has 1 spiro atoms. The van der Waals surface area contributed by atoms with Crippen LogP contribution in [0.2, 0.25) is 0 Å². The van der Waals surface area contributed by atoms with Crippen molar-refractivity contribution in [2.75, 3.05) is 19.6 Å². The number of likely N-dealkylation sites (tertiary alicyclic amines) is 1. The number of rotatable bonds is 2. The van der Waals surface area contributed by atoms with E-state index in [1.165, 1.54) is 83.8 Å². The van der Waals surface area contributed by atoms with E-state index in [0.717, 1.165) is 17.3 Å². The maximum absolute atomic E-state index is 6.37. The van der Waals surface area contributed by atoms with Crippen molar-refractivity contribution in [2.45, 2.75) is 77.2 Å². The van der Waals surface area contributed by atoms with Crippen molar-refractivity contribution in [3.63, 3.8) is 0 Å². The molecule has 1 aliphatic heterocycles. The van der Waals surface area contributed by atoms with Crippen molar-refractivity contribution >= 4 is 0 Å². The van der Waals surface area contributed by atoms with Gasteiger partial charge in [-0.3, -0.25) is 0 Å². The molecule has 2 aliphatic carbocycles. The van der Waals surface area contributed by atoms with E-state index < -0.39 is 0 Å². The van der Waals surface area contributed by atoms with Gasteiger partial charge in [-0.1, -0.05) is 26.2 Å². The molecule has 2 saturated carbocycles. The van der Waals surface area contributed by atoms with E-state index in [9.17, 15) is 0 Å². The lowest BCUT2D eigenvalue weighted by atomic mass is 9.68. The Morgan fingerprint density at radius 1 is 1.00 bits per heavy atom. The molecule has 3 atom stereocenters. The Kier molecular flexibility index (Phi) is 4.72. The lowest BCUT2D eigenvalue weighted by Gasteiger charge is -2.46. The Morgan fingerprint density at radius 3 is 2.40 bits per heavy atom. The highest BCUT2D eigenvalue weighted by molar-refractivity contribution is 4.90. The summed E-state index contributed by atoms with van der Waals surface area (Å²) in [6.07, 6.45) is 14.4. The van der Waals surface area contributed by atoms with Gasteiger partial charge in [-0.2, -0.15) is 0 Å². The molecule has 2 heteroatoms. The molecule has 3 aliphatic rings. The Bertz CT molecular complexity index is 299. The molecule has 0 amide bonds. The van der Waals surface area contributed by atoms with Crippen LogP contribution >= 0.6 is 0 Å². The largest absolute Gasteiger partial charge is 0.327 e. The summed E-state index contributed by atoms with van der Waals surface area (Å²) in [5.74, 6) is 1.66. The first-order valence-corrected chi connectivity index (χ1v) is 9.15. The van der Waals surface area contributed by atoms with Gasteiger partial charge in [-0.05, 0) is 75.3 Å².